The molecule has 1 atom stereocenters. The number of aryl methyl sites for hydroxylation is 1. The minimum Gasteiger partial charge on any atom is -0.383 e. The number of benzene rings is 1. The van der Waals surface area contributed by atoms with E-state index >= 15 is 0 Å². The molecular formula is C13H13BrOS2. The van der Waals surface area contributed by atoms with Crippen LogP contribution >= 0.6 is 39.0 Å². The van der Waals surface area contributed by atoms with E-state index in [1.54, 1.807) is 23.1 Å². The highest BCUT2D eigenvalue weighted by Crippen LogP contribution is 2.36. The number of hydrogen-bond donors (Lipinski definition) is 1. The van der Waals surface area contributed by atoms with Gasteiger partial charge in [0.2, 0.25) is 0 Å². The molecular weight excluding hydrogens is 316 g/mol. The van der Waals surface area contributed by atoms with Crippen molar-refractivity contribution in [3.8, 4) is 0 Å². The second kappa shape index (κ2) is 5.57. The summed E-state index contributed by atoms with van der Waals surface area (Å²) in [7, 11) is 0. The SMILES string of the molecule is CSc1ccccc1C(O)c1cc(Br)c(C)s1. The van der Waals surface area contributed by atoms with Crippen LogP contribution in [0.2, 0.25) is 0 Å². The maximum Gasteiger partial charge on any atom is 0.114 e. The summed E-state index contributed by atoms with van der Waals surface area (Å²) in [5.74, 6) is 0. The van der Waals surface area contributed by atoms with E-state index in [2.05, 4.69) is 15.9 Å². The fourth-order valence-electron chi connectivity index (χ4n) is 1.66. The molecule has 0 radical (unpaired) electrons. The first-order valence-electron chi connectivity index (χ1n) is 5.20. The molecule has 1 unspecified atom stereocenters. The molecule has 1 N–H and O–H groups in total. The molecule has 4 heteroatoms. The molecule has 17 heavy (non-hydrogen) atoms. The minimum atomic E-state index is -0.534. The molecule has 0 aliphatic heterocycles. The van der Waals surface area contributed by atoms with Crippen LogP contribution in [0, 0.1) is 6.92 Å². The van der Waals surface area contributed by atoms with Crippen LogP contribution in [0.5, 0.6) is 0 Å². The number of thioether (sulfide) groups is 1. The summed E-state index contributed by atoms with van der Waals surface area (Å²) in [5, 5.41) is 10.4. The van der Waals surface area contributed by atoms with Gasteiger partial charge >= 0.3 is 0 Å². The second-order valence-electron chi connectivity index (χ2n) is 3.70. The standard InChI is InChI=1S/C13H13BrOS2/c1-8-10(14)7-12(17-8)13(15)9-5-3-4-6-11(9)16-2/h3-7,13,15H,1-2H3. The Morgan fingerprint density at radius 2 is 2.06 bits per heavy atom. The smallest absolute Gasteiger partial charge is 0.114 e. The van der Waals surface area contributed by atoms with Gasteiger partial charge in [0.05, 0.1) is 0 Å². The minimum absolute atomic E-state index is 0.534. The van der Waals surface area contributed by atoms with E-state index in [-0.39, 0.29) is 0 Å². The van der Waals surface area contributed by atoms with Crippen LogP contribution in [0.15, 0.2) is 39.7 Å². The molecule has 1 aromatic carbocycles. The largest absolute Gasteiger partial charge is 0.383 e. The summed E-state index contributed by atoms with van der Waals surface area (Å²) in [6, 6.07) is 9.99. The lowest BCUT2D eigenvalue weighted by molar-refractivity contribution is 0.221. The zero-order valence-corrected chi connectivity index (χ0v) is 12.8. The predicted octanol–water partition coefficient (Wildman–Crippen LogP) is 4.62. The van der Waals surface area contributed by atoms with Gasteiger partial charge in [0.1, 0.15) is 6.10 Å². The van der Waals surface area contributed by atoms with Crippen molar-refractivity contribution in [2.24, 2.45) is 0 Å². The average Bonchev–Trinajstić information content (AvgIpc) is 2.68. The van der Waals surface area contributed by atoms with E-state index in [9.17, 15) is 5.11 Å². The first-order valence-corrected chi connectivity index (χ1v) is 8.03. The Bertz CT molecular complexity index is 502. The molecule has 1 heterocycles. The molecule has 0 aliphatic rings. The van der Waals surface area contributed by atoms with Crippen molar-refractivity contribution in [1.29, 1.82) is 0 Å². The van der Waals surface area contributed by atoms with E-state index in [0.717, 1.165) is 19.8 Å². The van der Waals surface area contributed by atoms with Gasteiger partial charge in [-0.25, -0.2) is 0 Å². The van der Waals surface area contributed by atoms with Crippen molar-refractivity contribution in [2.45, 2.75) is 17.9 Å². The van der Waals surface area contributed by atoms with Crippen molar-refractivity contribution in [1.82, 2.24) is 0 Å². The molecule has 0 saturated heterocycles. The lowest BCUT2D eigenvalue weighted by Crippen LogP contribution is -1.98. The zero-order valence-electron chi connectivity index (χ0n) is 9.61. The maximum atomic E-state index is 10.4. The first kappa shape index (κ1) is 13.1. The number of thiophene rings is 1. The van der Waals surface area contributed by atoms with Crippen LogP contribution in [0.3, 0.4) is 0 Å². The van der Waals surface area contributed by atoms with Crippen molar-refractivity contribution < 1.29 is 5.11 Å². The topological polar surface area (TPSA) is 20.2 Å². The van der Waals surface area contributed by atoms with E-state index in [1.165, 1.54) is 4.88 Å². The summed E-state index contributed by atoms with van der Waals surface area (Å²) in [6.07, 6.45) is 1.50. The van der Waals surface area contributed by atoms with Crippen molar-refractivity contribution in [2.75, 3.05) is 6.26 Å². The second-order valence-corrected chi connectivity index (χ2v) is 6.69. The molecule has 90 valence electrons. The van der Waals surface area contributed by atoms with Gasteiger partial charge in [0.25, 0.3) is 0 Å². The first-order chi connectivity index (χ1) is 8.13. The van der Waals surface area contributed by atoms with E-state index in [0.29, 0.717) is 0 Å². The molecule has 1 nitrogen and oxygen atoms in total. The van der Waals surface area contributed by atoms with Gasteiger partial charge in [-0.05, 0) is 46.8 Å². The van der Waals surface area contributed by atoms with Gasteiger partial charge in [-0.3, -0.25) is 0 Å². The summed E-state index contributed by atoms with van der Waals surface area (Å²) < 4.78 is 1.07. The van der Waals surface area contributed by atoms with Crippen molar-refractivity contribution >= 4 is 39.0 Å². The highest BCUT2D eigenvalue weighted by atomic mass is 79.9. The predicted molar refractivity (Wildman–Crippen MR) is 79.0 cm³/mol. The Morgan fingerprint density at radius 1 is 1.35 bits per heavy atom. The van der Waals surface area contributed by atoms with Crippen LogP contribution in [0.4, 0.5) is 0 Å². The Hall–Kier alpha value is -0.290. The van der Waals surface area contributed by atoms with Gasteiger partial charge in [-0.2, -0.15) is 0 Å². The Balaban J connectivity index is 2.39. The van der Waals surface area contributed by atoms with Gasteiger partial charge < -0.3 is 5.11 Å². The third-order valence-corrected chi connectivity index (χ3v) is 5.58. The summed E-state index contributed by atoms with van der Waals surface area (Å²) >= 11 is 6.78. The zero-order chi connectivity index (χ0) is 12.4. The summed E-state index contributed by atoms with van der Waals surface area (Å²) in [5.41, 5.74) is 0.980. The fraction of sp³-hybridized carbons (Fsp3) is 0.231. The van der Waals surface area contributed by atoms with Crippen molar-refractivity contribution in [3.63, 3.8) is 0 Å². The highest BCUT2D eigenvalue weighted by molar-refractivity contribution is 9.10. The highest BCUT2D eigenvalue weighted by Gasteiger charge is 2.17. The fourth-order valence-corrected chi connectivity index (χ4v) is 3.86. The van der Waals surface area contributed by atoms with Gasteiger partial charge in [0, 0.05) is 19.1 Å². The number of aliphatic hydroxyl groups is 1. The number of aliphatic hydroxyl groups excluding tert-OH is 1. The Morgan fingerprint density at radius 3 is 2.65 bits per heavy atom. The molecule has 2 rings (SSSR count). The van der Waals surface area contributed by atoms with Crippen LogP contribution in [0.1, 0.15) is 21.4 Å². The maximum absolute atomic E-state index is 10.4. The summed E-state index contributed by atoms with van der Waals surface area (Å²) in [4.78, 5) is 3.30. The normalized spacial score (nSPS) is 12.7. The third kappa shape index (κ3) is 2.76. The lowest BCUT2D eigenvalue weighted by atomic mass is 10.1. The monoisotopic (exact) mass is 328 g/mol. The lowest BCUT2D eigenvalue weighted by Gasteiger charge is -2.12. The molecule has 2 aromatic rings. The quantitative estimate of drug-likeness (QED) is 0.829. The molecule has 0 fully saturated rings. The average molecular weight is 329 g/mol. The molecule has 0 amide bonds. The molecule has 0 aliphatic carbocycles. The molecule has 0 saturated carbocycles. The molecule has 1 aromatic heterocycles. The Kier molecular flexibility index (Phi) is 4.31. The molecule has 0 spiro atoms. The van der Waals surface area contributed by atoms with Gasteiger partial charge in [0.15, 0.2) is 0 Å². The van der Waals surface area contributed by atoms with Crippen LogP contribution in [0.25, 0.3) is 0 Å². The van der Waals surface area contributed by atoms with E-state index in [1.807, 2.05) is 43.5 Å². The van der Waals surface area contributed by atoms with E-state index < -0.39 is 6.10 Å². The van der Waals surface area contributed by atoms with Gasteiger partial charge in [-0.1, -0.05) is 18.2 Å². The number of hydrogen-bond acceptors (Lipinski definition) is 3. The van der Waals surface area contributed by atoms with Crippen LogP contribution < -0.4 is 0 Å². The van der Waals surface area contributed by atoms with E-state index in [4.69, 9.17) is 0 Å². The van der Waals surface area contributed by atoms with Crippen molar-refractivity contribution in [3.05, 3.63) is 50.1 Å². The number of halogens is 1. The number of rotatable bonds is 3. The third-order valence-electron chi connectivity index (χ3n) is 2.58. The Labute approximate surface area is 118 Å². The van der Waals surface area contributed by atoms with Gasteiger partial charge in [-0.15, -0.1) is 23.1 Å². The van der Waals surface area contributed by atoms with Crippen LogP contribution in [-0.2, 0) is 0 Å². The van der Waals surface area contributed by atoms with Crippen LogP contribution in [-0.4, -0.2) is 11.4 Å². The summed E-state index contributed by atoms with van der Waals surface area (Å²) in [6.45, 7) is 2.05. The molecule has 0 bridgehead atoms.